The highest BCUT2D eigenvalue weighted by molar-refractivity contribution is 8.01. The topological polar surface area (TPSA) is 84.0 Å². The predicted octanol–water partition coefficient (Wildman–Crippen LogP) is 3.83. The first kappa shape index (κ1) is 21.0. The normalized spacial score (nSPS) is 10.5. The quantitative estimate of drug-likeness (QED) is 0.401. The number of amides is 2. The molecule has 150 valence electrons. The third kappa shape index (κ3) is 7.32. The van der Waals surface area contributed by atoms with Crippen LogP contribution in [-0.2, 0) is 22.6 Å². The Labute approximate surface area is 178 Å². The number of rotatable bonds is 9. The summed E-state index contributed by atoms with van der Waals surface area (Å²) in [7, 11) is 0. The van der Waals surface area contributed by atoms with E-state index in [1.807, 2.05) is 61.5 Å². The Kier molecular flexibility index (Phi) is 7.77. The van der Waals surface area contributed by atoms with E-state index in [1.54, 1.807) is 0 Å². The molecule has 1 heterocycles. The second-order valence-electron chi connectivity index (χ2n) is 6.46. The molecule has 0 radical (unpaired) electrons. The lowest BCUT2D eigenvalue weighted by atomic mass is 10.1. The van der Waals surface area contributed by atoms with Gasteiger partial charge in [-0.3, -0.25) is 9.59 Å². The summed E-state index contributed by atoms with van der Waals surface area (Å²) in [6.45, 7) is 2.53. The lowest BCUT2D eigenvalue weighted by molar-refractivity contribution is -0.118. The molecule has 0 atom stereocenters. The molecule has 0 aliphatic carbocycles. The minimum absolute atomic E-state index is 0.0702. The maximum Gasteiger partial charge on any atom is 0.230 e. The van der Waals surface area contributed by atoms with Gasteiger partial charge < -0.3 is 10.6 Å². The van der Waals surface area contributed by atoms with Crippen LogP contribution in [0.25, 0.3) is 0 Å². The zero-order valence-corrected chi connectivity index (χ0v) is 17.7. The van der Waals surface area contributed by atoms with Crippen molar-refractivity contribution < 1.29 is 9.59 Å². The Morgan fingerprint density at radius 3 is 2.48 bits per heavy atom. The predicted molar refractivity (Wildman–Crippen MR) is 117 cm³/mol. The van der Waals surface area contributed by atoms with Gasteiger partial charge in [0.1, 0.15) is 0 Å². The van der Waals surface area contributed by atoms with Crippen molar-refractivity contribution in [1.29, 1.82) is 0 Å². The summed E-state index contributed by atoms with van der Waals surface area (Å²) in [5.41, 5.74) is 3.37. The molecule has 0 aliphatic heterocycles. The van der Waals surface area contributed by atoms with E-state index in [-0.39, 0.29) is 17.6 Å². The van der Waals surface area contributed by atoms with Gasteiger partial charge in [-0.25, -0.2) is 0 Å². The number of hydrogen-bond donors (Lipinski definition) is 2. The van der Waals surface area contributed by atoms with E-state index in [0.29, 0.717) is 28.9 Å². The summed E-state index contributed by atoms with van der Waals surface area (Å²) < 4.78 is 0.647. The smallest absolute Gasteiger partial charge is 0.230 e. The molecule has 6 nitrogen and oxygen atoms in total. The van der Waals surface area contributed by atoms with Crippen LogP contribution in [0.1, 0.15) is 23.1 Å². The van der Waals surface area contributed by atoms with E-state index >= 15 is 0 Å². The van der Waals surface area contributed by atoms with Crippen LogP contribution >= 0.6 is 23.1 Å². The average molecular weight is 427 g/mol. The molecule has 3 rings (SSSR count). The molecule has 2 aromatic carbocycles. The van der Waals surface area contributed by atoms with Gasteiger partial charge >= 0.3 is 0 Å². The molecule has 29 heavy (non-hydrogen) atoms. The zero-order valence-electron chi connectivity index (χ0n) is 16.1. The fraction of sp³-hybridized carbons (Fsp3) is 0.238. The van der Waals surface area contributed by atoms with Crippen LogP contribution in [0.4, 0.5) is 5.13 Å². The number of hydrogen-bond acceptors (Lipinski definition) is 6. The lowest BCUT2D eigenvalue weighted by Gasteiger charge is -2.04. The third-order valence-electron chi connectivity index (χ3n) is 4.07. The first-order chi connectivity index (χ1) is 14.1. The Morgan fingerprint density at radius 2 is 1.72 bits per heavy atom. The summed E-state index contributed by atoms with van der Waals surface area (Å²) in [5.74, 6) is 0.0826. The minimum Gasteiger partial charge on any atom is -0.351 e. The molecular weight excluding hydrogens is 404 g/mol. The van der Waals surface area contributed by atoms with E-state index in [2.05, 4.69) is 20.8 Å². The van der Waals surface area contributed by atoms with Gasteiger partial charge in [-0.15, -0.1) is 10.2 Å². The van der Waals surface area contributed by atoms with Crippen molar-refractivity contribution in [3.63, 3.8) is 0 Å². The van der Waals surface area contributed by atoms with Gasteiger partial charge in [0.15, 0.2) is 4.34 Å². The highest BCUT2D eigenvalue weighted by atomic mass is 32.2. The molecule has 2 amide bonds. The molecule has 0 aliphatic rings. The maximum atomic E-state index is 12.1. The SMILES string of the molecule is Cc1ccc(CNC(=O)CSc2nnc(NC(=O)CCc3ccccc3)s2)cc1. The van der Waals surface area contributed by atoms with E-state index in [1.165, 1.54) is 28.7 Å². The van der Waals surface area contributed by atoms with E-state index in [9.17, 15) is 9.59 Å². The van der Waals surface area contributed by atoms with Gasteiger partial charge in [0.2, 0.25) is 16.9 Å². The summed E-state index contributed by atoms with van der Waals surface area (Å²) in [6, 6.07) is 17.9. The first-order valence-electron chi connectivity index (χ1n) is 9.21. The van der Waals surface area contributed by atoms with Crippen LogP contribution < -0.4 is 10.6 Å². The summed E-state index contributed by atoms with van der Waals surface area (Å²) in [5, 5.41) is 14.1. The van der Waals surface area contributed by atoms with Gasteiger partial charge in [-0.2, -0.15) is 0 Å². The Bertz CT molecular complexity index is 943. The second kappa shape index (κ2) is 10.7. The molecule has 0 bridgehead atoms. The Morgan fingerprint density at radius 1 is 0.966 bits per heavy atom. The maximum absolute atomic E-state index is 12.1. The minimum atomic E-state index is -0.0996. The Hall–Kier alpha value is -2.71. The average Bonchev–Trinajstić information content (AvgIpc) is 3.18. The van der Waals surface area contributed by atoms with Gasteiger partial charge in [-0.1, -0.05) is 83.3 Å². The van der Waals surface area contributed by atoms with Gasteiger partial charge in [0, 0.05) is 13.0 Å². The molecule has 0 spiro atoms. The van der Waals surface area contributed by atoms with Crippen molar-refractivity contribution in [2.75, 3.05) is 11.1 Å². The molecule has 2 N–H and O–H groups in total. The number of nitrogens with one attached hydrogen (secondary N) is 2. The van der Waals surface area contributed by atoms with E-state index in [4.69, 9.17) is 0 Å². The van der Waals surface area contributed by atoms with E-state index < -0.39 is 0 Å². The fourth-order valence-electron chi connectivity index (χ4n) is 2.49. The van der Waals surface area contributed by atoms with Crippen molar-refractivity contribution in [3.05, 3.63) is 71.3 Å². The number of anilines is 1. The zero-order chi connectivity index (χ0) is 20.5. The number of carbonyl (C=O) groups is 2. The highest BCUT2D eigenvalue weighted by Crippen LogP contribution is 2.25. The molecule has 0 saturated carbocycles. The number of carbonyl (C=O) groups excluding carboxylic acids is 2. The summed E-state index contributed by atoms with van der Waals surface area (Å²) in [6.07, 6.45) is 1.06. The Balaban J connectivity index is 1.37. The largest absolute Gasteiger partial charge is 0.351 e. The van der Waals surface area contributed by atoms with E-state index in [0.717, 1.165) is 11.1 Å². The van der Waals surface area contributed by atoms with Crippen LogP contribution in [-0.4, -0.2) is 27.8 Å². The van der Waals surface area contributed by atoms with Crippen molar-refractivity contribution in [2.24, 2.45) is 0 Å². The third-order valence-corrected chi connectivity index (χ3v) is 6.05. The van der Waals surface area contributed by atoms with Crippen LogP contribution in [0.2, 0.25) is 0 Å². The number of thioether (sulfide) groups is 1. The van der Waals surface area contributed by atoms with Crippen LogP contribution in [0.3, 0.4) is 0 Å². The van der Waals surface area contributed by atoms with Gasteiger partial charge in [0.05, 0.1) is 5.75 Å². The van der Waals surface area contributed by atoms with Crippen molar-refractivity contribution in [2.45, 2.75) is 30.6 Å². The lowest BCUT2D eigenvalue weighted by Crippen LogP contribution is -2.24. The number of aromatic nitrogens is 2. The fourth-order valence-corrected chi connectivity index (χ4v) is 4.09. The second-order valence-corrected chi connectivity index (χ2v) is 8.66. The molecule has 8 heteroatoms. The van der Waals surface area contributed by atoms with Crippen molar-refractivity contribution >= 4 is 40.0 Å². The number of nitrogens with zero attached hydrogens (tertiary/aromatic N) is 2. The summed E-state index contributed by atoms with van der Waals surface area (Å²) in [4.78, 5) is 24.1. The van der Waals surface area contributed by atoms with Crippen molar-refractivity contribution in [3.8, 4) is 0 Å². The first-order valence-corrected chi connectivity index (χ1v) is 11.0. The van der Waals surface area contributed by atoms with Gasteiger partial charge in [-0.05, 0) is 24.5 Å². The highest BCUT2D eigenvalue weighted by Gasteiger charge is 2.11. The van der Waals surface area contributed by atoms with Crippen LogP contribution in [0, 0.1) is 6.92 Å². The molecule has 0 saturated heterocycles. The number of aryl methyl sites for hydroxylation is 2. The molecular formula is C21H22N4O2S2. The van der Waals surface area contributed by atoms with Gasteiger partial charge in [0.25, 0.3) is 0 Å². The molecule has 0 fully saturated rings. The summed E-state index contributed by atoms with van der Waals surface area (Å²) >= 11 is 2.58. The standard InChI is InChI=1S/C21H22N4O2S2/c1-15-7-9-17(10-8-15)13-22-19(27)14-28-21-25-24-20(29-21)23-18(26)12-11-16-5-3-2-4-6-16/h2-10H,11-14H2,1H3,(H,22,27)(H,23,24,26). The number of benzene rings is 2. The van der Waals surface area contributed by atoms with Crippen molar-refractivity contribution in [1.82, 2.24) is 15.5 Å². The van der Waals surface area contributed by atoms with Crippen LogP contribution in [0.15, 0.2) is 58.9 Å². The van der Waals surface area contributed by atoms with Crippen LogP contribution in [0.5, 0.6) is 0 Å². The monoisotopic (exact) mass is 426 g/mol. The molecule has 1 aromatic heterocycles. The molecule has 0 unspecified atom stereocenters. The molecule has 3 aromatic rings.